The molecule has 1 N–H and O–H groups in total. The van der Waals surface area contributed by atoms with Gasteiger partial charge in [0.2, 0.25) is 0 Å². The van der Waals surface area contributed by atoms with Crippen molar-refractivity contribution in [3.05, 3.63) is 16.4 Å². The third-order valence-electron chi connectivity index (χ3n) is 4.40. The van der Waals surface area contributed by atoms with E-state index in [0.29, 0.717) is 6.04 Å². The maximum atomic E-state index is 6.56. The normalized spacial score (nSPS) is 21.0. The van der Waals surface area contributed by atoms with Gasteiger partial charge in [-0.15, -0.1) is 0 Å². The lowest BCUT2D eigenvalue weighted by atomic mass is 9.84. The van der Waals surface area contributed by atoms with Crippen LogP contribution in [0.5, 0.6) is 0 Å². The number of piperazine rings is 1. The van der Waals surface area contributed by atoms with Gasteiger partial charge in [-0.3, -0.25) is 9.58 Å². The van der Waals surface area contributed by atoms with Gasteiger partial charge in [0.25, 0.3) is 0 Å². The molecule has 120 valence electrons. The second kappa shape index (κ2) is 6.67. The van der Waals surface area contributed by atoms with Crippen LogP contribution in [0.3, 0.4) is 0 Å². The molecule has 0 radical (unpaired) electrons. The molecule has 1 aromatic heterocycles. The number of nitrogens with zero attached hydrogens (tertiary/aromatic N) is 3. The van der Waals surface area contributed by atoms with Gasteiger partial charge in [0.1, 0.15) is 0 Å². The molecule has 2 rings (SSSR count). The van der Waals surface area contributed by atoms with E-state index >= 15 is 0 Å². The lowest BCUT2D eigenvalue weighted by Crippen LogP contribution is -2.56. The summed E-state index contributed by atoms with van der Waals surface area (Å²) in [5, 5.41) is 9.03. The predicted octanol–water partition coefficient (Wildman–Crippen LogP) is 2.94. The lowest BCUT2D eigenvalue weighted by molar-refractivity contribution is 0.0666. The molecule has 1 fully saturated rings. The first kappa shape index (κ1) is 16.8. The summed E-state index contributed by atoms with van der Waals surface area (Å²) >= 11 is 6.56. The van der Waals surface area contributed by atoms with Crippen LogP contribution in [0.25, 0.3) is 0 Å². The summed E-state index contributed by atoms with van der Waals surface area (Å²) in [5.74, 6) is 0. The van der Waals surface area contributed by atoms with Crippen LogP contribution < -0.4 is 5.32 Å². The molecular formula is C16H29ClN4. The Kier molecular flexibility index (Phi) is 5.33. The number of aromatic nitrogens is 2. The molecule has 0 amide bonds. The second-order valence-electron chi connectivity index (χ2n) is 6.93. The highest BCUT2D eigenvalue weighted by Crippen LogP contribution is 2.29. The number of nitrogens with one attached hydrogen (secondary N) is 1. The van der Waals surface area contributed by atoms with Crippen molar-refractivity contribution < 1.29 is 0 Å². The molecule has 1 aliphatic rings. The van der Waals surface area contributed by atoms with E-state index in [-0.39, 0.29) is 5.41 Å². The van der Waals surface area contributed by atoms with E-state index in [4.69, 9.17) is 11.6 Å². The fourth-order valence-corrected chi connectivity index (χ4v) is 3.48. The standard InChI is InChI=1S/C16H29ClN4/c1-6-12-15(17)13(21(7-2)19-12)11-20-9-8-18-10-14(20)16(3,4)5/h14,18H,6-11H2,1-5H3. The Balaban J connectivity index is 2.25. The van der Waals surface area contributed by atoms with Crippen molar-refractivity contribution >= 4 is 11.6 Å². The molecule has 2 heterocycles. The van der Waals surface area contributed by atoms with Gasteiger partial charge in [-0.05, 0) is 18.8 Å². The monoisotopic (exact) mass is 312 g/mol. The zero-order valence-corrected chi connectivity index (χ0v) is 14.8. The van der Waals surface area contributed by atoms with E-state index in [2.05, 4.69) is 54.6 Å². The van der Waals surface area contributed by atoms with E-state index < -0.39 is 0 Å². The summed E-state index contributed by atoms with van der Waals surface area (Å²) in [4.78, 5) is 2.56. The smallest absolute Gasteiger partial charge is 0.0863 e. The minimum Gasteiger partial charge on any atom is -0.314 e. The van der Waals surface area contributed by atoms with Crippen LogP contribution in [0.1, 0.15) is 46.0 Å². The summed E-state index contributed by atoms with van der Waals surface area (Å²) < 4.78 is 2.07. The molecule has 1 saturated heterocycles. The molecule has 1 atom stereocenters. The minimum atomic E-state index is 0.255. The largest absolute Gasteiger partial charge is 0.314 e. The molecule has 0 saturated carbocycles. The number of hydrogen-bond acceptors (Lipinski definition) is 3. The van der Waals surface area contributed by atoms with Crippen molar-refractivity contribution in [3.8, 4) is 0 Å². The molecular weight excluding hydrogens is 284 g/mol. The Morgan fingerprint density at radius 1 is 1.33 bits per heavy atom. The fraction of sp³-hybridized carbons (Fsp3) is 0.812. The molecule has 21 heavy (non-hydrogen) atoms. The first-order valence-electron chi connectivity index (χ1n) is 8.07. The second-order valence-corrected chi connectivity index (χ2v) is 7.31. The van der Waals surface area contributed by atoms with E-state index in [0.717, 1.165) is 49.9 Å². The summed E-state index contributed by atoms with van der Waals surface area (Å²) in [6, 6.07) is 0.521. The zero-order valence-electron chi connectivity index (χ0n) is 14.0. The first-order chi connectivity index (χ1) is 9.88. The van der Waals surface area contributed by atoms with Crippen LogP contribution in [0.2, 0.25) is 5.02 Å². The minimum absolute atomic E-state index is 0.255. The average Bonchev–Trinajstić information content (AvgIpc) is 2.75. The highest BCUT2D eigenvalue weighted by Gasteiger charge is 2.33. The van der Waals surface area contributed by atoms with Crippen molar-refractivity contribution in [2.75, 3.05) is 19.6 Å². The lowest BCUT2D eigenvalue weighted by Gasteiger charge is -2.43. The van der Waals surface area contributed by atoms with Gasteiger partial charge < -0.3 is 5.32 Å². The molecule has 4 nitrogen and oxygen atoms in total. The van der Waals surface area contributed by atoms with Crippen LogP contribution >= 0.6 is 11.6 Å². The fourth-order valence-electron chi connectivity index (χ4n) is 3.15. The summed E-state index contributed by atoms with van der Waals surface area (Å²) in [6.07, 6.45) is 0.892. The predicted molar refractivity (Wildman–Crippen MR) is 88.8 cm³/mol. The first-order valence-corrected chi connectivity index (χ1v) is 8.45. The summed E-state index contributed by atoms with van der Waals surface area (Å²) in [6.45, 7) is 16.1. The zero-order chi connectivity index (χ0) is 15.6. The maximum Gasteiger partial charge on any atom is 0.0863 e. The van der Waals surface area contributed by atoms with Gasteiger partial charge in [0.15, 0.2) is 0 Å². The summed E-state index contributed by atoms with van der Waals surface area (Å²) in [7, 11) is 0. The van der Waals surface area contributed by atoms with Crippen LogP contribution in [-0.2, 0) is 19.5 Å². The topological polar surface area (TPSA) is 33.1 Å². The molecule has 1 aliphatic heterocycles. The Labute approximate surface area is 133 Å². The van der Waals surface area contributed by atoms with Crippen LogP contribution in [0.4, 0.5) is 0 Å². The Morgan fingerprint density at radius 2 is 2.05 bits per heavy atom. The van der Waals surface area contributed by atoms with Crippen molar-refractivity contribution in [2.24, 2.45) is 5.41 Å². The van der Waals surface area contributed by atoms with E-state index in [1.165, 1.54) is 5.69 Å². The van der Waals surface area contributed by atoms with Crippen molar-refractivity contribution in [1.29, 1.82) is 0 Å². The SMILES string of the molecule is CCc1nn(CC)c(CN2CCNCC2C(C)(C)C)c1Cl. The van der Waals surface area contributed by atoms with E-state index in [1.54, 1.807) is 0 Å². The Morgan fingerprint density at radius 3 is 2.62 bits per heavy atom. The van der Waals surface area contributed by atoms with Gasteiger partial charge in [0.05, 0.1) is 16.4 Å². The quantitative estimate of drug-likeness (QED) is 0.928. The Bertz CT molecular complexity index is 475. The third-order valence-corrected chi connectivity index (χ3v) is 4.84. The number of hydrogen-bond donors (Lipinski definition) is 1. The maximum absolute atomic E-state index is 6.56. The number of halogens is 1. The molecule has 0 aromatic carbocycles. The third kappa shape index (κ3) is 3.61. The number of rotatable bonds is 4. The van der Waals surface area contributed by atoms with Crippen LogP contribution in [-0.4, -0.2) is 40.4 Å². The molecule has 5 heteroatoms. The highest BCUT2D eigenvalue weighted by molar-refractivity contribution is 6.31. The Hall–Kier alpha value is -0.580. The van der Waals surface area contributed by atoms with Crippen molar-refractivity contribution in [2.45, 2.75) is 60.2 Å². The van der Waals surface area contributed by atoms with Crippen LogP contribution in [0, 0.1) is 5.41 Å². The average molecular weight is 313 g/mol. The van der Waals surface area contributed by atoms with Gasteiger partial charge >= 0.3 is 0 Å². The summed E-state index contributed by atoms with van der Waals surface area (Å²) in [5.41, 5.74) is 2.45. The van der Waals surface area contributed by atoms with Crippen LogP contribution in [0.15, 0.2) is 0 Å². The highest BCUT2D eigenvalue weighted by atomic mass is 35.5. The molecule has 0 spiro atoms. The van der Waals surface area contributed by atoms with Gasteiger partial charge in [-0.1, -0.05) is 39.3 Å². The molecule has 0 bridgehead atoms. The van der Waals surface area contributed by atoms with Gasteiger partial charge in [-0.2, -0.15) is 5.10 Å². The van der Waals surface area contributed by atoms with E-state index in [1.807, 2.05) is 0 Å². The molecule has 0 aliphatic carbocycles. The number of aryl methyl sites for hydroxylation is 2. The van der Waals surface area contributed by atoms with Gasteiger partial charge in [0, 0.05) is 38.8 Å². The molecule has 1 unspecified atom stereocenters. The van der Waals surface area contributed by atoms with Crippen molar-refractivity contribution in [1.82, 2.24) is 20.0 Å². The van der Waals surface area contributed by atoms with Gasteiger partial charge in [-0.25, -0.2) is 0 Å². The van der Waals surface area contributed by atoms with Crippen molar-refractivity contribution in [3.63, 3.8) is 0 Å². The van der Waals surface area contributed by atoms with E-state index in [9.17, 15) is 0 Å². The molecule has 1 aromatic rings.